The highest BCUT2D eigenvalue weighted by Crippen LogP contribution is 2.30. The molecule has 1 aliphatic heterocycles. The van der Waals surface area contributed by atoms with E-state index in [1.807, 2.05) is 41.9 Å². The SMILES string of the molecule is CCN1CCC(CNc2nc(-c3ccc(F)cc3)cn3c(-c4ccc(C(=O)NC5CC5)c(C)c4)cnc23)C1. The first-order chi connectivity index (χ1) is 18.5. The second-order valence-corrected chi connectivity index (χ2v) is 10.5. The molecule has 0 spiro atoms. The van der Waals surface area contributed by atoms with E-state index >= 15 is 0 Å². The maximum absolute atomic E-state index is 13.6. The summed E-state index contributed by atoms with van der Waals surface area (Å²) in [4.78, 5) is 24.8. The third kappa shape index (κ3) is 5.00. The van der Waals surface area contributed by atoms with Gasteiger partial charge in [0.1, 0.15) is 5.82 Å². The molecule has 2 aliphatic rings. The van der Waals surface area contributed by atoms with E-state index in [1.54, 1.807) is 12.1 Å². The molecular formula is C30H33FN6O. The number of anilines is 1. The lowest BCUT2D eigenvalue weighted by Gasteiger charge is -2.15. The number of aromatic nitrogens is 3. The van der Waals surface area contributed by atoms with E-state index in [-0.39, 0.29) is 11.7 Å². The van der Waals surface area contributed by atoms with Gasteiger partial charge in [0.05, 0.1) is 17.6 Å². The van der Waals surface area contributed by atoms with Crippen LogP contribution in [0.15, 0.2) is 54.9 Å². The number of hydrogen-bond acceptors (Lipinski definition) is 5. The van der Waals surface area contributed by atoms with Gasteiger partial charge < -0.3 is 15.5 Å². The fraction of sp³-hybridized carbons (Fsp3) is 0.367. The lowest BCUT2D eigenvalue weighted by atomic mass is 10.0. The van der Waals surface area contributed by atoms with E-state index in [0.717, 1.165) is 79.2 Å². The van der Waals surface area contributed by atoms with Crippen molar-refractivity contribution >= 4 is 17.4 Å². The minimum absolute atomic E-state index is 0.0162. The van der Waals surface area contributed by atoms with Crippen molar-refractivity contribution in [2.24, 2.45) is 5.92 Å². The first-order valence-electron chi connectivity index (χ1n) is 13.5. The van der Waals surface area contributed by atoms with Crippen molar-refractivity contribution in [3.05, 3.63) is 71.8 Å². The van der Waals surface area contributed by atoms with Crippen LogP contribution in [0.4, 0.5) is 10.2 Å². The first-order valence-corrected chi connectivity index (χ1v) is 13.5. The van der Waals surface area contributed by atoms with Crippen molar-refractivity contribution in [3.63, 3.8) is 0 Å². The Morgan fingerprint density at radius 3 is 2.61 bits per heavy atom. The van der Waals surface area contributed by atoms with Gasteiger partial charge in [0.2, 0.25) is 0 Å². The lowest BCUT2D eigenvalue weighted by Crippen LogP contribution is -2.26. The van der Waals surface area contributed by atoms with Crippen LogP contribution in [0.25, 0.3) is 28.2 Å². The van der Waals surface area contributed by atoms with Crippen molar-refractivity contribution in [1.29, 1.82) is 0 Å². The number of imidazole rings is 1. The number of likely N-dealkylation sites (tertiary alicyclic amines) is 1. The summed E-state index contributed by atoms with van der Waals surface area (Å²) >= 11 is 0. The number of carbonyl (C=O) groups is 1. The molecule has 196 valence electrons. The largest absolute Gasteiger partial charge is 0.367 e. The fourth-order valence-corrected chi connectivity index (χ4v) is 5.26. The smallest absolute Gasteiger partial charge is 0.251 e. The fourth-order valence-electron chi connectivity index (χ4n) is 5.26. The molecule has 1 saturated heterocycles. The standard InChI is InChI=1S/C30H33FN6O/c1-3-36-13-12-20(17-36)15-32-28-29-33-16-27(37(29)18-26(35-28)21-4-7-23(31)8-5-21)22-6-11-25(19(2)14-22)30(38)34-24-9-10-24/h4-8,11,14,16,18,20,24H,3,9-10,12-13,15,17H2,1-2H3,(H,32,35)(H,34,38). The van der Waals surface area contributed by atoms with Gasteiger partial charge in [-0.25, -0.2) is 14.4 Å². The van der Waals surface area contributed by atoms with Crippen LogP contribution in [-0.2, 0) is 0 Å². The molecule has 38 heavy (non-hydrogen) atoms. The van der Waals surface area contributed by atoms with Gasteiger partial charge in [-0.2, -0.15) is 0 Å². The third-order valence-electron chi connectivity index (χ3n) is 7.69. The van der Waals surface area contributed by atoms with Crippen molar-refractivity contribution < 1.29 is 9.18 Å². The average molecular weight is 513 g/mol. The van der Waals surface area contributed by atoms with Gasteiger partial charge in [-0.15, -0.1) is 0 Å². The van der Waals surface area contributed by atoms with Crippen LogP contribution in [0.5, 0.6) is 0 Å². The molecule has 2 N–H and O–H groups in total. The van der Waals surface area contributed by atoms with E-state index in [0.29, 0.717) is 23.3 Å². The van der Waals surface area contributed by atoms with Gasteiger partial charge in [0.25, 0.3) is 5.91 Å². The third-order valence-corrected chi connectivity index (χ3v) is 7.69. The maximum Gasteiger partial charge on any atom is 0.251 e. The van der Waals surface area contributed by atoms with Gasteiger partial charge >= 0.3 is 0 Å². The molecule has 0 radical (unpaired) electrons. The number of aryl methyl sites for hydroxylation is 1. The highest BCUT2D eigenvalue weighted by molar-refractivity contribution is 5.96. The van der Waals surface area contributed by atoms with Crippen LogP contribution in [-0.4, -0.2) is 57.4 Å². The maximum atomic E-state index is 13.6. The summed E-state index contributed by atoms with van der Waals surface area (Å²) in [6.45, 7) is 8.27. The van der Waals surface area contributed by atoms with E-state index in [1.165, 1.54) is 12.1 Å². The summed E-state index contributed by atoms with van der Waals surface area (Å²) in [5, 5.41) is 6.64. The molecule has 1 aliphatic carbocycles. The van der Waals surface area contributed by atoms with Crippen LogP contribution < -0.4 is 10.6 Å². The van der Waals surface area contributed by atoms with Crippen molar-refractivity contribution in [2.75, 3.05) is 31.5 Å². The minimum atomic E-state index is -0.278. The van der Waals surface area contributed by atoms with Crippen LogP contribution >= 0.6 is 0 Å². The minimum Gasteiger partial charge on any atom is -0.367 e. The average Bonchev–Trinajstić information content (AvgIpc) is 3.44. The predicted octanol–water partition coefficient (Wildman–Crippen LogP) is 5.16. The molecule has 1 atom stereocenters. The van der Waals surface area contributed by atoms with Gasteiger partial charge in [-0.05, 0) is 87.2 Å². The Morgan fingerprint density at radius 1 is 1.11 bits per heavy atom. The molecule has 2 fully saturated rings. The molecule has 6 rings (SSSR count). The van der Waals surface area contributed by atoms with Crippen molar-refractivity contribution in [2.45, 2.75) is 39.2 Å². The number of nitrogens with zero attached hydrogens (tertiary/aromatic N) is 4. The molecule has 2 aromatic carbocycles. The van der Waals surface area contributed by atoms with Gasteiger partial charge in [0, 0.05) is 42.0 Å². The van der Waals surface area contributed by atoms with Gasteiger partial charge in [-0.3, -0.25) is 9.20 Å². The van der Waals surface area contributed by atoms with Crippen LogP contribution in [0, 0.1) is 18.7 Å². The lowest BCUT2D eigenvalue weighted by molar-refractivity contribution is 0.0950. The molecule has 4 aromatic rings. The van der Waals surface area contributed by atoms with Crippen LogP contribution in [0.3, 0.4) is 0 Å². The quantitative estimate of drug-likeness (QED) is 0.341. The molecular weight excluding hydrogens is 479 g/mol. The Bertz CT molecular complexity index is 1480. The molecule has 7 nitrogen and oxygen atoms in total. The second-order valence-electron chi connectivity index (χ2n) is 10.5. The van der Waals surface area contributed by atoms with Crippen molar-refractivity contribution in [3.8, 4) is 22.5 Å². The first kappa shape index (κ1) is 24.6. The van der Waals surface area contributed by atoms with Gasteiger partial charge in [0.15, 0.2) is 11.5 Å². The predicted molar refractivity (Wildman–Crippen MR) is 148 cm³/mol. The summed E-state index contributed by atoms with van der Waals surface area (Å²) in [5.41, 5.74) is 5.80. The number of halogens is 1. The zero-order valence-electron chi connectivity index (χ0n) is 21.9. The van der Waals surface area contributed by atoms with Gasteiger partial charge in [-0.1, -0.05) is 13.0 Å². The molecule has 3 heterocycles. The number of hydrogen-bond donors (Lipinski definition) is 2. The number of nitrogens with one attached hydrogen (secondary N) is 2. The highest BCUT2D eigenvalue weighted by Gasteiger charge is 2.25. The number of carbonyl (C=O) groups excluding carboxylic acids is 1. The summed E-state index contributed by atoms with van der Waals surface area (Å²) < 4.78 is 15.7. The number of fused-ring (bicyclic) bond motifs is 1. The van der Waals surface area contributed by atoms with E-state index in [9.17, 15) is 9.18 Å². The normalized spacial score (nSPS) is 17.7. The Hall–Kier alpha value is -3.78. The number of amides is 1. The topological polar surface area (TPSA) is 74.6 Å². The molecule has 1 unspecified atom stereocenters. The highest BCUT2D eigenvalue weighted by atomic mass is 19.1. The molecule has 1 saturated carbocycles. The second kappa shape index (κ2) is 10.2. The summed E-state index contributed by atoms with van der Waals surface area (Å²) in [6, 6.07) is 12.6. The zero-order valence-corrected chi connectivity index (χ0v) is 21.9. The van der Waals surface area contributed by atoms with Crippen molar-refractivity contribution in [1.82, 2.24) is 24.6 Å². The molecule has 8 heteroatoms. The van der Waals surface area contributed by atoms with E-state index < -0.39 is 0 Å². The Kier molecular flexibility index (Phi) is 6.57. The summed E-state index contributed by atoms with van der Waals surface area (Å²) in [7, 11) is 0. The summed E-state index contributed by atoms with van der Waals surface area (Å²) in [5.74, 6) is 0.972. The summed E-state index contributed by atoms with van der Waals surface area (Å²) in [6.07, 6.45) is 7.08. The van der Waals surface area contributed by atoms with Crippen LogP contribution in [0.1, 0.15) is 42.1 Å². The Balaban J connectivity index is 1.36. The zero-order chi connectivity index (χ0) is 26.2. The monoisotopic (exact) mass is 512 g/mol. The van der Waals surface area contributed by atoms with E-state index in [2.05, 4.69) is 22.5 Å². The van der Waals surface area contributed by atoms with Crippen LogP contribution in [0.2, 0.25) is 0 Å². The molecule has 0 bridgehead atoms. The Morgan fingerprint density at radius 2 is 1.89 bits per heavy atom. The number of benzene rings is 2. The molecule has 1 amide bonds. The molecule has 2 aromatic heterocycles. The number of rotatable bonds is 8. The Labute approximate surface area is 222 Å². The van der Waals surface area contributed by atoms with E-state index in [4.69, 9.17) is 9.97 Å².